The molecule has 1 atom stereocenters. The van der Waals surface area contributed by atoms with E-state index in [1.165, 1.54) is 0 Å². The second-order valence-corrected chi connectivity index (χ2v) is 12.1. The Kier molecular flexibility index (Phi) is 3.80. The van der Waals surface area contributed by atoms with E-state index >= 15 is 0 Å². The number of nitrogens with one attached hydrogen (secondary N) is 1. The molecule has 100 valence electrons. The van der Waals surface area contributed by atoms with Gasteiger partial charge in [-0.05, 0) is 24.6 Å². The van der Waals surface area contributed by atoms with Crippen molar-refractivity contribution in [1.29, 1.82) is 0 Å². The van der Waals surface area contributed by atoms with E-state index in [0.717, 1.165) is 6.42 Å². The quantitative estimate of drug-likeness (QED) is 0.790. The highest BCUT2D eigenvalue weighted by molar-refractivity contribution is 6.74. The highest BCUT2D eigenvalue weighted by Crippen LogP contribution is 2.37. The predicted molar refractivity (Wildman–Crippen MR) is 73.5 cm³/mol. The molecule has 0 aromatic rings. The summed E-state index contributed by atoms with van der Waals surface area (Å²) in [5.41, 5.74) is -0.235. The van der Waals surface area contributed by atoms with Crippen LogP contribution < -0.4 is 5.32 Å². The topological polar surface area (TPSA) is 38.3 Å². The second-order valence-electron chi connectivity index (χ2n) is 7.33. The van der Waals surface area contributed by atoms with Crippen LogP contribution in [0.15, 0.2) is 0 Å². The third kappa shape index (κ3) is 3.32. The van der Waals surface area contributed by atoms with Crippen LogP contribution in [0.25, 0.3) is 0 Å². The molecule has 1 amide bonds. The van der Waals surface area contributed by atoms with E-state index < -0.39 is 8.32 Å². The molecule has 4 heteroatoms. The molecule has 1 rings (SSSR count). The lowest BCUT2D eigenvalue weighted by atomic mass is 9.90. The monoisotopic (exact) mass is 257 g/mol. The third-order valence-electron chi connectivity index (χ3n) is 4.16. The first kappa shape index (κ1) is 14.7. The molecule has 3 nitrogen and oxygen atoms in total. The van der Waals surface area contributed by atoms with Crippen molar-refractivity contribution in [3.63, 3.8) is 0 Å². The van der Waals surface area contributed by atoms with Crippen LogP contribution in [0.1, 0.15) is 41.0 Å². The van der Waals surface area contributed by atoms with Crippen molar-refractivity contribution in [3.05, 3.63) is 0 Å². The van der Waals surface area contributed by atoms with E-state index in [0.29, 0.717) is 6.61 Å². The zero-order chi connectivity index (χ0) is 13.5. The van der Waals surface area contributed by atoms with Crippen molar-refractivity contribution < 1.29 is 9.22 Å². The molecule has 0 bridgehead atoms. The van der Waals surface area contributed by atoms with Crippen molar-refractivity contribution >= 4 is 14.2 Å². The van der Waals surface area contributed by atoms with Gasteiger partial charge < -0.3 is 9.74 Å². The molecule has 1 saturated heterocycles. The molecule has 1 aliphatic rings. The lowest BCUT2D eigenvalue weighted by Gasteiger charge is -2.37. The zero-order valence-electron chi connectivity index (χ0n) is 12.3. The van der Waals surface area contributed by atoms with Gasteiger partial charge in [-0.25, -0.2) is 0 Å². The molecule has 0 aliphatic carbocycles. The number of hydrogen-bond acceptors (Lipinski definition) is 2. The molecule has 0 aromatic carbocycles. The number of carbonyl (C=O) groups is 1. The average molecular weight is 257 g/mol. The van der Waals surface area contributed by atoms with Crippen molar-refractivity contribution in [2.45, 2.75) is 65.2 Å². The summed E-state index contributed by atoms with van der Waals surface area (Å²) >= 11 is 0. The van der Waals surface area contributed by atoms with Crippen LogP contribution in [0.5, 0.6) is 0 Å². The Balaban J connectivity index is 2.52. The van der Waals surface area contributed by atoms with Crippen LogP contribution in [0, 0.1) is 5.41 Å². The zero-order valence-corrected chi connectivity index (χ0v) is 13.3. The molecular weight excluding hydrogens is 230 g/mol. The third-order valence-corrected chi connectivity index (χ3v) is 8.66. The first-order valence-electron chi connectivity index (χ1n) is 6.41. The summed E-state index contributed by atoms with van der Waals surface area (Å²) < 4.78 is 6.14. The minimum absolute atomic E-state index is 0.154. The van der Waals surface area contributed by atoms with Gasteiger partial charge in [0.15, 0.2) is 8.32 Å². The van der Waals surface area contributed by atoms with E-state index in [2.05, 4.69) is 39.2 Å². The molecule has 0 spiro atoms. The lowest BCUT2D eigenvalue weighted by molar-refractivity contribution is -0.126. The fraction of sp³-hybridized carbons (Fsp3) is 0.923. The Morgan fingerprint density at radius 2 is 1.94 bits per heavy atom. The first-order valence-corrected chi connectivity index (χ1v) is 9.31. The molecular formula is C13H27NO2Si. The van der Waals surface area contributed by atoms with Crippen molar-refractivity contribution in [2.24, 2.45) is 5.41 Å². The second kappa shape index (κ2) is 4.39. The van der Waals surface area contributed by atoms with Crippen LogP contribution >= 0.6 is 0 Å². The van der Waals surface area contributed by atoms with Crippen molar-refractivity contribution in [1.82, 2.24) is 5.32 Å². The summed E-state index contributed by atoms with van der Waals surface area (Å²) in [5, 5.41) is 3.25. The summed E-state index contributed by atoms with van der Waals surface area (Å²) in [4.78, 5) is 11.7. The molecule has 0 saturated carbocycles. The van der Waals surface area contributed by atoms with Crippen molar-refractivity contribution in [2.75, 3.05) is 6.61 Å². The Bertz CT molecular complexity index is 305. The Hall–Kier alpha value is -0.353. The van der Waals surface area contributed by atoms with Crippen LogP contribution in [-0.4, -0.2) is 26.9 Å². The molecule has 0 aromatic heterocycles. The van der Waals surface area contributed by atoms with Gasteiger partial charge in [-0.15, -0.1) is 0 Å². The van der Waals surface area contributed by atoms with E-state index in [-0.39, 0.29) is 22.4 Å². The van der Waals surface area contributed by atoms with Gasteiger partial charge in [0.05, 0.1) is 12.6 Å². The van der Waals surface area contributed by atoms with Gasteiger partial charge in [0.2, 0.25) is 5.91 Å². The van der Waals surface area contributed by atoms with E-state index in [9.17, 15) is 4.79 Å². The lowest BCUT2D eigenvalue weighted by Crippen LogP contribution is -2.44. The van der Waals surface area contributed by atoms with Gasteiger partial charge in [0.1, 0.15) is 0 Å². The van der Waals surface area contributed by atoms with Crippen molar-refractivity contribution in [3.8, 4) is 0 Å². The molecule has 1 unspecified atom stereocenters. The molecule has 0 radical (unpaired) electrons. The first-order chi connectivity index (χ1) is 7.46. The molecule has 1 N–H and O–H groups in total. The maximum Gasteiger partial charge on any atom is 0.226 e. The Morgan fingerprint density at radius 1 is 1.41 bits per heavy atom. The molecule has 1 fully saturated rings. The fourth-order valence-electron chi connectivity index (χ4n) is 1.77. The van der Waals surface area contributed by atoms with E-state index in [1.807, 2.05) is 13.8 Å². The number of carbonyl (C=O) groups excluding carboxylic acids is 1. The summed E-state index contributed by atoms with van der Waals surface area (Å²) in [6.45, 7) is 15.8. The molecule has 1 heterocycles. The smallest absolute Gasteiger partial charge is 0.226 e. The number of amides is 1. The largest absolute Gasteiger partial charge is 0.415 e. The van der Waals surface area contributed by atoms with Gasteiger partial charge in [0.25, 0.3) is 0 Å². The summed E-state index contributed by atoms with van der Waals surface area (Å²) in [6.07, 6.45) is 0.875. The van der Waals surface area contributed by atoms with Gasteiger partial charge in [0, 0.05) is 5.41 Å². The van der Waals surface area contributed by atoms with E-state index in [1.54, 1.807) is 0 Å². The van der Waals surface area contributed by atoms with Gasteiger partial charge in [-0.3, -0.25) is 4.79 Å². The highest BCUT2D eigenvalue weighted by atomic mass is 28.4. The molecule has 1 aliphatic heterocycles. The minimum atomic E-state index is -1.69. The summed E-state index contributed by atoms with van der Waals surface area (Å²) in [6, 6.07) is 0.187. The minimum Gasteiger partial charge on any atom is -0.415 e. The number of hydrogen-bond donors (Lipinski definition) is 1. The number of rotatable bonds is 3. The normalized spacial score (nSPS) is 24.9. The average Bonchev–Trinajstić information content (AvgIpc) is 2.36. The maximum absolute atomic E-state index is 11.7. The summed E-state index contributed by atoms with van der Waals surface area (Å²) in [7, 11) is -1.69. The van der Waals surface area contributed by atoms with Gasteiger partial charge >= 0.3 is 0 Å². The van der Waals surface area contributed by atoms with Gasteiger partial charge in [-0.1, -0.05) is 34.6 Å². The standard InChI is InChI=1S/C13H27NO2Si/c1-12(2,3)17(6,7)16-9-10-8-13(4,5)11(15)14-10/h10H,8-9H2,1-7H3,(H,14,15). The predicted octanol–water partition coefficient (Wildman–Crippen LogP) is 2.92. The Labute approximate surface area is 106 Å². The van der Waals surface area contributed by atoms with Gasteiger partial charge in [-0.2, -0.15) is 0 Å². The maximum atomic E-state index is 11.7. The fourth-order valence-corrected chi connectivity index (χ4v) is 2.82. The summed E-state index contributed by atoms with van der Waals surface area (Å²) in [5.74, 6) is 0.154. The highest BCUT2D eigenvalue weighted by Gasteiger charge is 2.42. The SMILES string of the molecule is CC1(C)CC(CO[Si](C)(C)C(C)(C)C)NC1=O. The van der Waals surface area contributed by atoms with Crippen LogP contribution in [0.4, 0.5) is 0 Å². The molecule has 17 heavy (non-hydrogen) atoms. The van der Waals surface area contributed by atoms with Crippen LogP contribution in [-0.2, 0) is 9.22 Å². The Morgan fingerprint density at radius 3 is 2.29 bits per heavy atom. The van der Waals surface area contributed by atoms with Crippen LogP contribution in [0.3, 0.4) is 0 Å². The van der Waals surface area contributed by atoms with E-state index in [4.69, 9.17) is 4.43 Å². The van der Waals surface area contributed by atoms with Crippen LogP contribution in [0.2, 0.25) is 18.1 Å².